The first-order chi connectivity index (χ1) is 11.5. The lowest BCUT2D eigenvalue weighted by molar-refractivity contribution is -0.133. The highest BCUT2D eigenvalue weighted by atomic mass is 16.5. The Hall–Kier alpha value is -2.60. The van der Waals surface area contributed by atoms with Crippen LogP contribution >= 0.6 is 0 Å². The molecule has 1 saturated heterocycles. The summed E-state index contributed by atoms with van der Waals surface area (Å²) >= 11 is 0. The highest BCUT2D eigenvalue weighted by Crippen LogP contribution is 2.22. The summed E-state index contributed by atoms with van der Waals surface area (Å²) in [5.41, 5.74) is 8.82. The first-order valence-corrected chi connectivity index (χ1v) is 7.93. The standard InChI is InChI=1S/C18H21N3O3/c1-12-10-15(13(2)21(12)14-6-4-3-5-7-14)18(23)20-8-9-24-16(11-20)17(19)22/h3-7,10,16H,8-9,11H2,1-2H3,(H2,19,22)/t16-/m1/s1. The average Bonchev–Trinajstić information content (AvgIpc) is 2.89. The van der Waals surface area contributed by atoms with Gasteiger partial charge in [0.15, 0.2) is 6.10 Å². The Morgan fingerprint density at radius 2 is 1.92 bits per heavy atom. The summed E-state index contributed by atoms with van der Waals surface area (Å²) in [4.78, 5) is 25.8. The zero-order chi connectivity index (χ0) is 17.3. The molecule has 126 valence electrons. The van der Waals surface area contributed by atoms with Gasteiger partial charge >= 0.3 is 0 Å². The Morgan fingerprint density at radius 1 is 1.21 bits per heavy atom. The second kappa shape index (κ2) is 6.49. The van der Waals surface area contributed by atoms with Crippen molar-refractivity contribution in [3.05, 3.63) is 53.3 Å². The molecule has 1 aromatic carbocycles. The number of para-hydroxylation sites is 1. The van der Waals surface area contributed by atoms with Crippen molar-refractivity contribution in [2.45, 2.75) is 20.0 Å². The lowest BCUT2D eigenvalue weighted by Crippen LogP contribution is -2.50. The molecule has 1 aliphatic rings. The van der Waals surface area contributed by atoms with Crippen LogP contribution in [-0.4, -0.2) is 47.1 Å². The summed E-state index contributed by atoms with van der Waals surface area (Å²) in [5, 5.41) is 0. The summed E-state index contributed by atoms with van der Waals surface area (Å²) in [6.45, 7) is 4.87. The van der Waals surface area contributed by atoms with Crippen LogP contribution in [0.5, 0.6) is 0 Å². The van der Waals surface area contributed by atoms with E-state index in [9.17, 15) is 9.59 Å². The second-order valence-electron chi connectivity index (χ2n) is 5.97. The van der Waals surface area contributed by atoms with E-state index in [1.54, 1.807) is 4.90 Å². The minimum atomic E-state index is -0.736. The number of amides is 2. The Labute approximate surface area is 140 Å². The molecule has 0 bridgehead atoms. The lowest BCUT2D eigenvalue weighted by Gasteiger charge is -2.31. The van der Waals surface area contributed by atoms with Crippen LogP contribution < -0.4 is 5.73 Å². The first kappa shape index (κ1) is 16.3. The number of carbonyl (C=O) groups is 2. The van der Waals surface area contributed by atoms with Crippen molar-refractivity contribution >= 4 is 11.8 Å². The van der Waals surface area contributed by atoms with Gasteiger partial charge in [0.25, 0.3) is 5.91 Å². The van der Waals surface area contributed by atoms with Crippen LogP contribution in [0.2, 0.25) is 0 Å². The highest BCUT2D eigenvalue weighted by Gasteiger charge is 2.30. The largest absolute Gasteiger partial charge is 0.367 e. The molecule has 2 aromatic rings. The zero-order valence-electron chi connectivity index (χ0n) is 13.9. The second-order valence-corrected chi connectivity index (χ2v) is 5.97. The van der Waals surface area contributed by atoms with Crippen LogP contribution in [0.4, 0.5) is 0 Å². The van der Waals surface area contributed by atoms with E-state index < -0.39 is 12.0 Å². The number of rotatable bonds is 3. The van der Waals surface area contributed by atoms with Crippen LogP contribution in [-0.2, 0) is 9.53 Å². The smallest absolute Gasteiger partial charge is 0.255 e. The third-order valence-corrected chi connectivity index (χ3v) is 4.35. The van der Waals surface area contributed by atoms with Gasteiger partial charge in [0.1, 0.15) is 0 Å². The Balaban J connectivity index is 1.90. The number of nitrogens with two attached hydrogens (primary N) is 1. The van der Waals surface area contributed by atoms with E-state index in [-0.39, 0.29) is 12.5 Å². The molecule has 3 rings (SSSR count). The number of ether oxygens (including phenoxy) is 1. The molecule has 0 unspecified atom stereocenters. The quantitative estimate of drug-likeness (QED) is 0.926. The normalized spacial score (nSPS) is 17.8. The molecular weight excluding hydrogens is 306 g/mol. The lowest BCUT2D eigenvalue weighted by atomic mass is 10.2. The van der Waals surface area contributed by atoms with E-state index in [1.807, 2.05) is 50.2 Å². The van der Waals surface area contributed by atoms with Crippen molar-refractivity contribution in [2.75, 3.05) is 19.7 Å². The molecule has 1 aliphatic heterocycles. The summed E-state index contributed by atoms with van der Waals surface area (Å²) in [5.74, 6) is -0.637. The van der Waals surface area contributed by atoms with E-state index in [4.69, 9.17) is 10.5 Å². The maximum atomic E-state index is 12.9. The number of aryl methyl sites for hydroxylation is 1. The van der Waals surface area contributed by atoms with Gasteiger partial charge in [-0.25, -0.2) is 0 Å². The van der Waals surface area contributed by atoms with Crippen molar-refractivity contribution < 1.29 is 14.3 Å². The molecule has 6 heteroatoms. The molecule has 0 saturated carbocycles. The fourth-order valence-electron chi connectivity index (χ4n) is 3.13. The van der Waals surface area contributed by atoms with Gasteiger partial charge in [0, 0.05) is 23.6 Å². The van der Waals surface area contributed by atoms with Crippen LogP contribution in [0.15, 0.2) is 36.4 Å². The molecule has 2 N–H and O–H groups in total. The van der Waals surface area contributed by atoms with Crippen LogP contribution in [0.1, 0.15) is 21.7 Å². The van der Waals surface area contributed by atoms with Gasteiger partial charge in [0.05, 0.1) is 18.7 Å². The first-order valence-electron chi connectivity index (χ1n) is 7.93. The molecule has 1 atom stereocenters. The fraction of sp³-hybridized carbons (Fsp3) is 0.333. The third-order valence-electron chi connectivity index (χ3n) is 4.35. The molecule has 0 spiro atoms. The Kier molecular flexibility index (Phi) is 4.40. The topological polar surface area (TPSA) is 77.6 Å². The van der Waals surface area contributed by atoms with Gasteiger partial charge in [-0.2, -0.15) is 0 Å². The van der Waals surface area contributed by atoms with Gasteiger partial charge in [-0.05, 0) is 32.0 Å². The molecular formula is C18H21N3O3. The third kappa shape index (κ3) is 2.92. The molecule has 24 heavy (non-hydrogen) atoms. The molecule has 1 aromatic heterocycles. The van der Waals surface area contributed by atoms with Crippen molar-refractivity contribution in [2.24, 2.45) is 5.73 Å². The molecule has 6 nitrogen and oxygen atoms in total. The van der Waals surface area contributed by atoms with Gasteiger partial charge in [0.2, 0.25) is 5.91 Å². The summed E-state index contributed by atoms with van der Waals surface area (Å²) in [6.07, 6.45) is -0.736. The monoisotopic (exact) mass is 327 g/mol. The molecule has 2 heterocycles. The molecule has 0 aliphatic carbocycles. The van der Waals surface area contributed by atoms with E-state index in [1.165, 1.54) is 0 Å². The maximum absolute atomic E-state index is 12.9. The molecule has 1 fully saturated rings. The minimum Gasteiger partial charge on any atom is -0.367 e. The van der Waals surface area contributed by atoms with Crippen molar-refractivity contribution in [3.8, 4) is 5.69 Å². The predicted octanol–water partition coefficient (Wildman–Crippen LogP) is 1.42. The number of hydrogen-bond donors (Lipinski definition) is 1. The van der Waals surface area contributed by atoms with Crippen molar-refractivity contribution in [1.29, 1.82) is 0 Å². The van der Waals surface area contributed by atoms with Crippen molar-refractivity contribution in [1.82, 2.24) is 9.47 Å². The maximum Gasteiger partial charge on any atom is 0.255 e. The number of hydrogen-bond acceptors (Lipinski definition) is 3. The summed E-state index contributed by atoms with van der Waals surface area (Å²) in [6, 6.07) is 11.8. The minimum absolute atomic E-state index is 0.0974. The number of aromatic nitrogens is 1. The zero-order valence-corrected chi connectivity index (χ0v) is 13.9. The van der Waals surface area contributed by atoms with E-state index in [2.05, 4.69) is 4.57 Å². The Morgan fingerprint density at radius 3 is 2.58 bits per heavy atom. The number of benzene rings is 1. The predicted molar refractivity (Wildman–Crippen MR) is 90.1 cm³/mol. The van der Waals surface area contributed by atoms with E-state index >= 15 is 0 Å². The van der Waals surface area contributed by atoms with Crippen LogP contribution in [0.25, 0.3) is 5.69 Å². The average molecular weight is 327 g/mol. The van der Waals surface area contributed by atoms with E-state index in [0.29, 0.717) is 18.7 Å². The fourth-order valence-corrected chi connectivity index (χ4v) is 3.13. The number of nitrogens with zero attached hydrogens (tertiary/aromatic N) is 2. The van der Waals surface area contributed by atoms with Gasteiger partial charge in [-0.15, -0.1) is 0 Å². The van der Waals surface area contributed by atoms with Crippen molar-refractivity contribution in [3.63, 3.8) is 0 Å². The van der Waals surface area contributed by atoms with Crippen LogP contribution in [0, 0.1) is 13.8 Å². The SMILES string of the molecule is Cc1cc(C(=O)N2CCO[C@@H](C(N)=O)C2)c(C)n1-c1ccccc1. The number of morpholine rings is 1. The van der Waals surface area contributed by atoms with Gasteiger partial charge in [-0.1, -0.05) is 18.2 Å². The highest BCUT2D eigenvalue weighted by molar-refractivity contribution is 5.96. The van der Waals surface area contributed by atoms with Crippen LogP contribution in [0.3, 0.4) is 0 Å². The van der Waals surface area contributed by atoms with Gasteiger partial charge < -0.3 is 19.9 Å². The van der Waals surface area contributed by atoms with E-state index in [0.717, 1.165) is 17.1 Å². The summed E-state index contributed by atoms with van der Waals surface area (Å²) in [7, 11) is 0. The number of primary amides is 1. The molecule has 2 amide bonds. The molecule has 0 radical (unpaired) electrons. The number of carbonyl (C=O) groups excluding carboxylic acids is 2. The summed E-state index contributed by atoms with van der Waals surface area (Å²) < 4.78 is 7.37. The van der Waals surface area contributed by atoms with Gasteiger partial charge in [-0.3, -0.25) is 9.59 Å². The Bertz CT molecular complexity index is 767.